The molecule has 7 nitrogen and oxygen atoms in total. The molecule has 2 atom stereocenters. The molecule has 1 aromatic rings. The van der Waals surface area contributed by atoms with Crippen LogP contribution in [0.4, 0.5) is 0 Å². The van der Waals surface area contributed by atoms with E-state index in [-0.39, 0.29) is 29.2 Å². The van der Waals surface area contributed by atoms with E-state index in [1.54, 1.807) is 18.1 Å². The standard InChI is InChI=1S/C15H23N5O2/c1-4-11-15(8-6-12(21)19(15)3)7-5-9-20(11)14(22)13-16-10-18(2)17-13/h10-11H,4-9H2,1-3H3/t11-,15+/m1/s1. The van der Waals surface area contributed by atoms with E-state index in [0.717, 1.165) is 25.7 Å². The van der Waals surface area contributed by atoms with Crippen LogP contribution in [-0.2, 0) is 11.8 Å². The van der Waals surface area contributed by atoms with Gasteiger partial charge in [-0.3, -0.25) is 14.3 Å². The summed E-state index contributed by atoms with van der Waals surface area (Å²) in [7, 11) is 3.63. The molecule has 0 radical (unpaired) electrons. The summed E-state index contributed by atoms with van der Waals surface area (Å²) in [6, 6.07) is 0.0361. The number of carbonyl (C=O) groups is 2. The molecule has 0 saturated carbocycles. The van der Waals surface area contributed by atoms with Crippen molar-refractivity contribution in [2.75, 3.05) is 13.6 Å². The van der Waals surface area contributed by atoms with Crippen molar-refractivity contribution in [3.05, 3.63) is 12.2 Å². The summed E-state index contributed by atoms with van der Waals surface area (Å²) in [5.41, 5.74) is -0.214. The molecular formula is C15H23N5O2. The van der Waals surface area contributed by atoms with Gasteiger partial charge in [0.15, 0.2) is 0 Å². The van der Waals surface area contributed by atoms with Crippen molar-refractivity contribution in [2.45, 2.75) is 50.6 Å². The summed E-state index contributed by atoms with van der Waals surface area (Å²) in [4.78, 5) is 32.7. The lowest BCUT2D eigenvalue weighted by atomic mass is 9.77. The van der Waals surface area contributed by atoms with Crippen molar-refractivity contribution in [3.8, 4) is 0 Å². The summed E-state index contributed by atoms with van der Waals surface area (Å²) < 4.78 is 1.54. The van der Waals surface area contributed by atoms with E-state index in [4.69, 9.17) is 0 Å². The van der Waals surface area contributed by atoms with Crippen LogP contribution >= 0.6 is 0 Å². The van der Waals surface area contributed by atoms with Gasteiger partial charge in [0.05, 0.1) is 11.6 Å². The van der Waals surface area contributed by atoms with Crippen LogP contribution in [0.3, 0.4) is 0 Å². The van der Waals surface area contributed by atoms with E-state index < -0.39 is 0 Å². The lowest BCUT2D eigenvalue weighted by Gasteiger charge is -2.51. The van der Waals surface area contributed by atoms with Gasteiger partial charge in [-0.1, -0.05) is 6.92 Å². The van der Waals surface area contributed by atoms with Crippen LogP contribution in [0, 0.1) is 0 Å². The molecule has 0 aromatic carbocycles. The molecule has 2 saturated heterocycles. The van der Waals surface area contributed by atoms with Crippen LogP contribution in [0.1, 0.15) is 49.6 Å². The fourth-order valence-electron chi connectivity index (χ4n) is 4.17. The summed E-state index contributed by atoms with van der Waals surface area (Å²) >= 11 is 0. The highest BCUT2D eigenvalue weighted by molar-refractivity contribution is 5.91. The molecule has 0 N–H and O–H groups in total. The molecule has 2 fully saturated rings. The number of rotatable bonds is 2. The molecule has 0 unspecified atom stereocenters. The lowest BCUT2D eigenvalue weighted by molar-refractivity contribution is -0.132. The SMILES string of the molecule is CC[C@H]1N(C(=O)c2ncn(C)n2)CCC[C@]12CCC(=O)N2C. The van der Waals surface area contributed by atoms with Crippen LogP contribution < -0.4 is 0 Å². The topological polar surface area (TPSA) is 71.3 Å². The Bertz CT molecular complexity index is 599. The molecule has 1 aromatic heterocycles. The van der Waals surface area contributed by atoms with E-state index in [1.807, 2.05) is 16.8 Å². The maximum absolute atomic E-state index is 12.8. The van der Waals surface area contributed by atoms with Crippen molar-refractivity contribution in [1.82, 2.24) is 24.6 Å². The van der Waals surface area contributed by atoms with Crippen LogP contribution in [0.25, 0.3) is 0 Å². The number of piperidine rings is 1. The molecule has 0 bridgehead atoms. The first-order valence-corrected chi connectivity index (χ1v) is 7.93. The van der Waals surface area contributed by atoms with Crippen LogP contribution in [-0.4, -0.2) is 61.6 Å². The quantitative estimate of drug-likeness (QED) is 0.811. The minimum Gasteiger partial charge on any atom is -0.338 e. The predicted octanol–water partition coefficient (Wildman–Crippen LogP) is 0.821. The number of aromatic nitrogens is 3. The lowest BCUT2D eigenvalue weighted by Crippen LogP contribution is -2.63. The van der Waals surface area contributed by atoms with E-state index in [0.29, 0.717) is 13.0 Å². The zero-order chi connectivity index (χ0) is 15.9. The first-order valence-electron chi connectivity index (χ1n) is 7.93. The van der Waals surface area contributed by atoms with E-state index in [1.165, 1.54) is 0 Å². The normalized spacial score (nSPS) is 28.7. The predicted molar refractivity (Wildman–Crippen MR) is 80.1 cm³/mol. The zero-order valence-electron chi connectivity index (χ0n) is 13.4. The second kappa shape index (κ2) is 5.37. The second-order valence-corrected chi connectivity index (χ2v) is 6.32. The van der Waals surface area contributed by atoms with E-state index in [2.05, 4.69) is 17.0 Å². The first kappa shape index (κ1) is 15.0. The highest BCUT2D eigenvalue weighted by Crippen LogP contribution is 2.42. The Balaban J connectivity index is 1.91. The van der Waals surface area contributed by atoms with Crippen LogP contribution in [0.5, 0.6) is 0 Å². The van der Waals surface area contributed by atoms with E-state index >= 15 is 0 Å². The van der Waals surface area contributed by atoms with Gasteiger partial charge in [0.1, 0.15) is 6.33 Å². The summed E-state index contributed by atoms with van der Waals surface area (Å²) in [5.74, 6) is 0.299. The largest absolute Gasteiger partial charge is 0.338 e. The molecule has 120 valence electrons. The molecule has 22 heavy (non-hydrogen) atoms. The minimum atomic E-state index is -0.214. The fraction of sp³-hybridized carbons (Fsp3) is 0.733. The van der Waals surface area contributed by atoms with Gasteiger partial charge in [0.2, 0.25) is 11.7 Å². The van der Waals surface area contributed by atoms with Crippen molar-refractivity contribution in [1.29, 1.82) is 0 Å². The number of hydrogen-bond donors (Lipinski definition) is 0. The van der Waals surface area contributed by atoms with Crippen LogP contribution in [0.15, 0.2) is 6.33 Å². The number of nitrogens with zero attached hydrogens (tertiary/aromatic N) is 5. The smallest absolute Gasteiger partial charge is 0.293 e. The Morgan fingerprint density at radius 3 is 2.73 bits per heavy atom. The molecule has 1 spiro atoms. The van der Waals surface area contributed by atoms with Crippen molar-refractivity contribution < 1.29 is 9.59 Å². The number of amides is 2. The maximum atomic E-state index is 12.8. The molecule has 3 heterocycles. The summed E-state index contributed by atoms with van der Waals surface area (Å²) in [6.45, 7) is 2.79. The van der Waals surface area contributed by atoms with Gasteiger partial charge in [-0.05, 0) is 25.7 Å². The Morgan fingerprint density at radius 2 is 2.18 bits per heavy atom. The summed E-state index contributed by atoms with van der Waals surface area (Å²) in [6.07, 6.45) is 5.66. The van der Waals surface area contributed by atoms with Crippen molar-refractivity contribution >= 4 is 11.8 Å². The van der Waals surface area contributed by atoms with Gasteiger partial charge in [0.25, 0.3) is 5.91 Å². The Kier molecular flexibility index (Phi) is 3.66. The number of likely N-dealkylation sites (N-methyl/N-ethyl adjacent to an activating group) is 1. The highest BCUT2D eigenvalue weighted by atomic mass is 16.2. The van der Waals surface area contributed by atoms with Crippen LogP contribution in [0.2, 0.25) is 0 Å². The second-order valence-electron chi connectivity index (χ2n) is 6.32. The third-order valence-corrected chi connectivity index (χ3v) is 5.26. The molecule has 2 amide bonds. The molecule has 7 heteroatoms. The van der Waals surface area contributed by atoms with Gasteiger partial charge in [-0.25, -0.2) is 4.98 Å². The fourth-order valence-corrected chi connectivity index (χ4v) is 4.17. The highest BCUT2D eigenvalue weighted by Gasteiger charge is 2.52. The van der Waals surface area contributed by atoms with Gasteiger partial charge < -0.3 is 9.80 Å². The maximum Gasteiger partial charge on any atom is 0.293 e. The molecular weight excluding hydrogens is 282 g/mol. The van der Waals surface area contributed by atoms with Gasteiger partial charge in [-0.15, -0.1) is 5.10 Å². The zero-order valence-corrected chi connectivity index (χ0v) is 13.4. The number of carbonyl (C=O) groups excluding carboxylic acids is 2. The molecule has 2 aliphatic heterocycles. The molecule has 2 aliphatic rings. The number of aryl methyl sites for hydroxylation is 1. The Labute approximate surface area is 130 Å². The molecule has 3 rings (SSSR count). The summed E-state index contributed by atoms with van der Waals surface area (Å²) in [5, 5.41) is 4.14. The van der Waals surface area contributed by atoms with Gasteiger partial charge >= 0.3 is 0 Å². The minimum absolute atomic E-state index is 0.0361. The Hall–Kier alpha value is -1.92. The Morgan fingerprint density at radius 1 is 1.41 bits per heavy atom. The van der Waals surface area contributed by atoms with E-state index in [9.17, 15) is 9.59 Å². The monoisotopic (exact) mass is 305 g/mol. The number of likely N-dealkylation sites (tertiary alicyclic amines) is 2. The van der Waals surface area contributed by atoms with Crippen molar-refractivity contribution in [2.24, 2.45) is 7.05 Å². The third-order valence-electron chi connectivity index (χ3n) is 5.26. The number of hydrogen-bond acceptors (Lipinski definition) is 4. The average molecular weight is 305 g/mol. The first-order chi connectivity index (χ1) is 10.5. The average Bonchev–Trinajstić information content (AvgIpc) is 3.06. The third kappa shape index (κ3) is 2.10. The van der Waals surface area contributed by atoms with Gasteiger partial charge in [0, 0.05) is 27.1 Å². The van der Waals surface area contributed by atoms with Gasteiger partial charge in [-0.2, -0.15) is 0 Å². The van der Waals surface area contributed by atoms with Crippen molar-refractivity contribution in [3.63, 3.8) is 0 Å². The molecule has 0 aliphatic carbocycles.